The minimum atomic E-state index is -0.651. The number of aliphatic hydroxyl groups excluding tert-OH is 1. The van der Waals surface area contributed by atoms with Gasteiger partial charge in [0.2, 0.25) is 0 Å². The average Bonchev–Trinajstić information content (AvgIpc) is 3.27. The van der Waals surface area contributed by atoms with E-state index in [4.69, 9.17) is 4.74 Å². The van der Waals surface area contributed by atoms with Crippen molar-refractivity contribution >= 4 is 28.8 Å². The molecular weight excluding hydrogens is 388 g/mol. The highest BCUT2D eigenvalue weighted by Gasteiger charge is 2.46. The van der Waals surface area contributed by atoms with Crippen LogP contribution in [0, 0.1) is 0 Å². The van der Waals surface area contributed by atoms with Crippen molar-refractivity contribution in [1.29, 1.82) is 0 Å². The summed E-state index contributed by atoms with van der Waals surface area (Å²) in [7, 11) is 3.83. The van der Waals surface area contributed by atoms with E-state index in [9.17, 15) is 14.7 Å². The maximum absolute atomic E-state index is 12.9. The number of ether oxygens (including phenoxy) is 1. The number of rotatable bonds is 7. The number of ketones is 1. The molecule has 7 heteroatoms. The van der Waals surface area contributed by atoms with Crippen LogP contribution in [0.25, 0.3) is 5.76 Å². The standard InChI is InChI=1S/C22H26N2O4S/c1-14(2)28-16-9-7-15(8-10-16)20(25)18-19(17-6-5-13-29-17)24(12-11-23(3)4)22(27)21(18)26/h5-10,13-14,19,25H,11-12H2,1-4H3. The van der Waals surface area contributed by atoms with Gasteiger partial charge in [-0.25, -0.2) is 0 Å². The van der Waals surface area contributed by atoms with Gasteiger partial charge in [0.1, 0.15) is 11.5 Å². The molecule has 1 aliphatic heterocycles. The van der Waals surface area contributed by atoms with Crippen molar-refractivity contribution in [3.63, 3.8) is 0 Å². The predicted molar refractivity (Wildman–Crippen MR) is 114 cm³/mol. The summed E-state index contributed by atoms with van der Waals surface area (Å²) in [6.07, 6.45) is 0.0373. The van der Waals surface area contributed by atoms with Crippen LogP contribution in [0.5, 0.6) is 5.75 Å². The van der Waals surface area contributed by atoms with E-state index >= 15 is 0 Å². The number of carbonyl (C=O) groups is 2. The lowest BCUT2D eigenvalue weighted by molar-refractivity contribution is -0.140. The molecule has 0 bridgehead atoms. The van der Waals surface area contributed by atoms with Crippen LogP contribution in [0.15, 0.2) is 47.4 Å². The molecule has 2 aromatic rings. The van der Waals surface area contributed by atoms with E-state index in [1.807, 2.05) is 50.4 Å². The summed E-state index contributed by atoms with van der Waals surface area (Å²) >= 11 is 1.46. The number of Topliss-reactive ketones (excluding diaryl/α,β-unsaturated/α-hetero) is 1. The number of amides is 1. The van der Waals surface area contributed by atoms with Crippen molar-refractivity contribution < 1.29 is 19.4 Å². The Hall–Kier alpha value is -2.64. The highest BCUT2D eigenvalue weighted by molar-refractivity contribution is 7.10. The number of hydrogen-bond donors (Lipinski definition) is 1. The molecule has 1 aliphatic rings. The lowest BCUT2D eigenvalue weighted by Crippen LogP contribution is -2.35. The Balaban J connectivity index is 2.02. The summed E-state index contributed by atoms with van der Waals surface area (Å²) in [6, 6.07) is 10.1. The first-order valence-electron chi connectivity index (χ1n) is 9.53. The third-order valence-electron chi connectivity index (χ3n) is 4.64. The topological polar surface area (TPSA) is 70.1 Å². The lowest BCUT2D eigenvalue weighted by atomic mass is 10.00. The summed E-state index contributed by atoms with van der Waals surface area (Å²) < 4.78 is 5.63. The van der Waals surface area contributed by atoms with E-state index in [0.29, 0.717) is 24.4 Å². The van der Waals surface area contributed by atoms with Crippen molar-refractivity contribution in [2.24, 2.45) is 0 Å². The number of carbonyl (C=O) groups excluding carboxylic acids is 2. The van der Waals surface area contributed by atoms with Crippen LogP contribution >= 0.6 is 11.3 Å². The molecule has 0 radical (unpaired) electrons. The SMILES string of the molecule is CC(C)Oc1ccc(C(O)=C2C(=O)C(=O)N(CCN(C)C)C2c2cccs2)cc1. The molecule has 1 saturated heterocycles. The van der Waals surface area contributed by atoms with Gasteiger partial charge in [-0.15, -0.1) is 11.3 Å². The fourth-order valence-corrected chi connectivity index (χ4v) is 4.13. The molecule has 1 aromatic heterocycles. The number of benzene rings is 1. The molecule has 6 nitrogen and oxygen atoms in total. The molecule has 3 rings (SSSR count). The normalized spacial score (nSPS) is 18.8. The van der Waals surface area contributed by atoms with Crippen LogP contribution in [0.4, 0.5) is 0 Å². The van der Waals surface area contributed by atoms with Gasteiger partial charge >= 0.3 is 0 Å². The van der Waals surface area contributed by atoms with Gasteiger partial charge in [-0.1, -0.05) is 6.07 Å². The predicted octanol–water partition coefficient (Wildman–Crippen LogP) is 3.52. The summed E-state index contributed by atoms with van der Waals surface area (Å²) in [5.41, 5.74) is 0.613. The smallest absolute Gasteiger partial charge is 0.295 e. The third kappa shape index (κ3) is 4.52. The molecule has 1 atom stereocenters. The lowest BCUT2D eigenvalue weighted by Gasteiger charge is -2.25. The molecule has 1 unspecified atom stereocenters. The van der Waals surface area contributed by atoms with Crippen LogP contribution in [0.3, 0.4) is 0 Å². The average molecular weight is 415 g/mol. The zero-order chi connectivity index (χ0) is 21.1. The van der Waals surface area contributed by atoms with Crippen LogP contribution in [-0.4, -0.2) is 59.9 Å². The van der Waals surface area contributed by atoms with Gasteiger partial charge in [-0.3, -0.25) is 9.59 Å². The quantitative estimate of drug-likeness (QED) is 0.426. The fourth-order valence-electron chi connectivity index (χ4n) is 3.28. The molecule has 29 heavy (non-hydrogen) atoms. The first kappa shape index (κ1) is 21.1. The van der Waals surface area contributed by atoms with E-state index in [2.05, 4.69) is 0 Å². The molecule has 0 spiro atoms. The molecule has 0 aliphatic carbocycles. The highest BCUT2D eigenvalue weighted by Crippen LogP contribution is 2.41. The number of likely N-dealkylation sites (tertiary alicyclic amines) is 1. The number of hydrogen-bond acceptors (Lipinski definition) is 6. The number of aliphatic hydroxyl groups is 1. The van der Waals surface area contributed by atoms with Gasteiger partial charge in [0.05, 0.1) is 17.7 Å². The van der Waals surface area contributed by atoms with Gasteiger partial charge in [0.25, 0.3) is 11.7 Å². The second kappa shape index (κ2) is 8.80. The maximum Gasteiger partial charge on any atom is 0.295 e. The van der Waals surface area contributed by atoms with E-state index in [1.54, 1.807) is 29.2 Å². The molecular formula is C22H26N2O4S. The minimum Gasteiger partial charge on any atom is -0.507 e. The van der Waals surface area contributed by atoms with Gasteiger partial charge in [-0.2, -0.15) is 0 Å². The van der Waals surface area contributed by atoms with E-state index in [0.717, 1.165) is 4.88 Å². The van der Waals surface area contributed by atoms with Gasteiger partial charge in [-0.05, 0) is 63.7 Å². The van der Waals surface area contributed by atoms with Gasteiger partial charge < -0.3 is 19.6 Å². The van der Waals surface area contributed by atoms with Crippen molar-refractivity contribution in [3.05, 3.63) is 57.8 Å². The zero-order valence-corrected chi connectivity index (χ0v) is 17.9. The Morgan fingerprint density at radius 3 is 2.45 bits per heavy atom. The molecule has 2 heterocycles. The van der Waals surface area contributed by atoms with Gasteiger partial charge in [0.15, 0.2) is 0 Å². The summed E-state index contributed by atoms with van der Waals surface area (Å²) in [4.78, 5) is 30.0. The Kier molecular flexibility index (Phi) is 6.39. The second-order valence-corrected chi connectivity index (χ2v) is 8.48. The first-order chi connectivity index (χ1) is 13.8. The largest absolute Gasteiger partial charge is 0.507 e. The zero-order valence-electron chi connectivity index (χ0n) is 17.1. The highest BCUT2D eigenvalue weighted by atomic mass is 32.1. The summed E-state index contributed by atoms with van der Waals surface area (Å²) in [5.74, 6) is -0.711. The Morgan fingerprint density at radius 2 is 1.90 bits per heavy atom. The molecule has 1 N–H and O–H groups in total. The van der Waals surface area contributed by atoms with Crippen molar-refractivity contribution in [2.45, 2.75) is 26.0 Å². The van der Waals surface area contributed by atoms with E-state index in [-0.39, 0.29) is 17.4 Å². The summed E-state index contributed by atoms with van der Waals surface area (Å²) in [6.45, 7) is 4.89. The number of thiophene rings is 1. The molecule has 1 amide bonds. The molecule has 0 saturated carbocycles. The first-order valence-corrected chi connectivity index (χ1v) is 10.4. The number of likely N-dealkylation sites (N-methyl/N-ethyl adjacent to an activating group) is 1. The van der Waals surface area contributed by atoms with Crippen LogP contribution in [0.1, 0.15) is 30.3 Å². The van der Waals surface area contributed by atoms with Gasteiger partial charge in [0, 0.05) is 23.5 Å². The molecule has 1 fully saturated rings. The van der Waals surface area contributed by atoms with E-state index < -0.39 is 17.7 Å². The Labute approximate surface area is 175 Å². The molecule has 154 valence electrons. The maximum atomic E-state index is 12.9. The van der Waals surface area contributed by atoms with Crippen molar-refractivity contribution in [2.75, 3.05) is 27.2 Å². The van der Waals surface area contributed by atoms with E-state index in [1.165, 1.54) is 11.3 Å². The van der Waals surface area contributed by atoms with Crippen LogP contribution in [-0.2, 0) is 9.59 Å². The van der Waals surface area contributed by atoms with Crippen molar-refractivity contribution in [3.8, 4) is 5.75 Å². The fraction of sp³-hybridized carbons (Fsp3) is 0.364. The Morgan fingerprint density at radius 1 is 1.21 bits per heavy atom. The Bertz CT molecular complexity index is 901. The minimum absolute atomic E-state index is 0.0373. The second-order valence-electron chi connectivity index (χ2n) is 7.50. The van der Waals surface area contributed by atoms with Crippen LogP contribution < -0.4 is 4.74 Å². The number of nitrogens with zero attached hydrogens (tertiary/aromatic N) is 2. The third-order valence-corrected chi connectivity index (χ3v) is 5.57. The van der Waals surface area contributed by atoms with Crippen molar-refractivity contribution in [1.82, 2.24) is 9.80 Å². The molecule has 1 aromatic carbocycles. The monoisotopic (exact) mass is 414 g/mol. The van der Waals surface area contributed by atoms with Crippen LogP contribution in [0.2, 0.25) is 0 Å². The summed E-state index contributed by atoms with van der Waals surface area (Å²) in [5, 5.41) is 12.9.